The van der Waals surface area contributed by atoms with Gasteiger partial charge in [0.25, 0.3) is 5.91 Å². The predicted octanol–water partition coefficient (Wildman–Crippen LogP) is -0.555. The molecule has 29 heavy (non-hydrogen) atoms. The summed E-state index contributed by atoms with van der Waals surface area (Å²) >= 11 is -2.58. The van der Waals surface area contributed by atoms with E-state index in [1.165, 1.54) is 30.8 Å². The number of rotatable bonds is 8. The lowest BCUT2D eigenvalue weighted by Crippen LogP contribution is -2.50. The van der Waals surface area contributed by atoms with Crippen LogP contribution in [0.4, 0.5) is 4.79 Å². The average Bonchev–Trinajstić information content (AvgIpc) is 3.41. The van der Waals surface area contributed by atoms with E-state index in [2.05, 4.69) is 20.0 Å². The first-order valence-corrected chi connectivity index (χ1v) is 11.3. The Kier molecular flexibility index (Phi) is 6.66. The molecule has 5 atom stereocenters. The van der Waals surface area contributed by atoms with E-state index in [9.17, 15) is 13.8 Å². The first-order valence-electron chi connectivity index (χ1n) is 10.3. The van der Waals surface area contributed by atoms with Crippen LogP contribution in [0.1, 0.15) is 32.1 Å². The van der Waals surface area contributed by atoms with E-state index in [1.807, 2.05) is 0 Å². The van der Waals surface area contributed by atoms with Gasteiger partial charge >= 0.3 is 17.4 Å². The van der Waals surface area contributed by atoms with Crippen LogP contribution < -0.4 is 10.8 Å². The molecule has 0 aromatic carbocycles. The highest BCUT2D eigenvalue weighted by molar-refractivity contribution is 7.74. The maximum absolute atomic E-state index is 12.5. The number of fused-ring (bicyclic) bond motifs is 2. The number of amides is 3. The van der Waals surface area contributed by atoms with Crippen molar-refractivity contribution in [3.8, 4) is 0 Å². The lowest BCUT2D eigenvalue weighted by atomic mass is 10.0. The van der Waals surface area contributed by atoms with Crippen LogP contribution in [0.15, 0.2) is 0 Å². The van der Waals surface area contributed by atoms with E-state index in [-0.39, 0.29) is 24.5 Å². The number of nitrogens with one attached hydrogen (secondary N) is 2. The minimum Gasteiger partial charge on any atom is -0.311 e. The zero-order chi connectivity index (χ0) is 20.4. The van der Waals surface area contributed by atoms with Crippen LogP contribution in [0.5, 0.6) is 0 Å². The lowest BCUT2D eigenvalue weighted by molar-refractivity contribution is -0.139. The van der Waals surface area contributed by atoms with Gasteiger partial charge in [-0.25, -0.2) is 10.3 Å². The summed E-state index contributed by atoms with van der Waals surface area (Å²) < 4.78 is 24.4. The van der Waals surface area contributed by atoms with Crippen LogP contribution in [0.25, 0.3) is 0 Å². The quantitative estimate of drug-likeness (QED) is 0.345. The van der Waals surface area contributed by atoms with Crippen molar-refractivity contribution in [2.24, 2.45) is 5.92 Å². The summed E-state index contributed by atoms with van der Waals surface area (Å²) in [7, 11) is 0. The van der Waals surface area contributed by atoms with Crippen molar-refractivity contribution in [2.75, 3.05) is 39.3 Å². The summed E-state index contributed by atoms with van der Waals surface area (Å²) in [5, 5.41) is 4.34. The van der Waals surface area contributed by atoms with Crippen molar-refractivity contribution in [1.82, 2.24) is 25.7 Å². The van der Waals surface area contributed by atoms with E-state index in [1.54, 1.807) is 0 Å². The number of carbonyl (C=O) groups is 2. The topological polar surface area (TPSA) is 124 Å². The second-order valence-corrected chi connectivity index (χ2v) is 8.87. The van der Waals surface area contributed by atoms with Gasteiger partial charge in [-0.05, 0) is 57.7 Å². The fourth-order valence-electron chi connectivity index (χ4n) is 4.85. The molecule has 4 heterocycles. The van der Waals surface area contributed by atoms with Crippen LogP contribution in [0.2, 0.25) is 0 Å². The highest BCUT2D eigenvalue weighted by Gasteiger charge is 2.48. The fraction of sp³-hybridized carbons (Fsp3) is 0.882. The molecule has 4 saturated heterocycles. The normalized spacial score (nSPS) is 33.5. The number of hydroxylamine groups is 3. The minimum atomic E-state index is -2.58. The highest BCUT2D eigenvalue weighted by atomic mass is 32.2. The number of nitrogens with zero attached hydrogens (tertiary/aromatic N) is 3. The van der Waals surface area contributed by atoms with E-state index in [0.29, 0.717) is 25.4 Å². The number of hydrogen-bond acceptors (Lipinski definition) is 7. The largest absolute Gasteiger partial charge is 0.346 e. The molecular formula is C17H29N5O6S. The molecule has 2 bridgehead atoms. The molecule has 0 aromatic heterocycles. The van der Waals surface area contributed by atoms with Gasteiger partial charge in [0, 0.05) is 19.1 Å². The molecule has 12 heteroatoms. The molecule has 0 radical (unpaired) electrons. The first-order chi connectivity index (χ1) is 14.0. The predicted molar refractivity (Wildman–Crippen MR) is 102 cm³/mol. The number of hydrogen-bond donors (Lipinski definition) is 3. The fourth-order valence-corrected chi connectivity index (χ4v) is 5.17. The Bertz CT molecular complexity index is 648. The van der Waals surface area contributed by atoms with Gasteiger partial charge in [-0.1, -0.05) is 0 Å². The number of urea groups is 1. The summed E-state index contributed by atoms with van der Waals surface area (Å²) in [6.45, 7) is 5.14. The van der Waals surface area contributed by atoms with E-state index < -0.39 is 23.4 Å². The summed E-state index contributed by atoms with van der Waals surface area (Å²) in [6, 6.07) is -1.36. The van der Waals surface area contributed by atoms with Crippen LogP contribution in [-0.2, 0) is 25.3 Å². The standard InChI is InChI=1S/C17H29N5O6S/c23-16(15-4-3-14-10-21(15)17(24)22(14)28-29(25)26)19-27-11-13-7-12(8-18-13)9-20-5-1-2-6-20/h12-15,18H,1-11H2,(H,19,23)(H,25,26)/t12-,13+,14?,15?/m0/s1. The van der Waals surface area contributed by atoms with E-state index in [4.69, 9.17) is 9.39 Å². The van der Waals surface area contributed by atoms with Gasteiger partial charge in [0.15, 0.2) is 0 Å². The molecule has 3 amide bonds. The molecule has 11 nitrogen and oxygen atoms in total. The van der Waals surface area contributed by atoms with Crippen LogP contribution in [0.3, 0.4) is 0 Å². The molecule has 0 aliphatic carbocycles. The minimum absolute atomic E-state index is 0.204. The Balaban J connectivity index is 1.19. The monoisotopic (exact) mass is 431 g/mol. The van der Waals surface area contributed by atoms with Crippen molar-refractivity contribution >= 4 is 23.3 Å². The van der Waals surface area contributed by atoms with Gasteiger partial charge in [0.2, 0.25) is 0 Å². The lowest BCUT2D eigenvalue weighted by Gasteiger charge is -2.29. The molecule has 0 saturated carbocycles. The van der Waals surface area contributed by atoms with Gasteiger partial charge in [-0.2, -0.15) is 9.27 Å². The van der Waals surface area contributed by atoms with E-state index >= 15 is 0 Å². The van der Waals surface area contributed by atoms with Crippen LogP contribution >= 0.6 is 0 Å². The number of piperidine rings is 1. The summed E-state index contributed by atoms with van der Waals surface area (Å²) in [5.74, 6) is 0.230. The summed E-state index contributed by atoms with van der Waals surface area (Å²) in [6.07, 6.45) is 4.57. The molecule has 4 rings (SSSR count). The van der Waals surface area contributed by atoms with Gasteiger partial charge in [0.1, 0.15) is 6.04 Å². The molecule has 4 fully saturated rings. The average molecular weight is 432 g/mol. The zero-order valence-corrected chi connectivity index (χ0v) is 17.1. The van der Waals surface area contributed by atoms with Crippen molar-refractivity contribution in [1.29, 1.82) is 0 Å². The summed E-state index contributed by atoms with van der Waals surface area (Å²) in [4.78, 5) is 34.2. The van der Waals surface area contributed by atoms with Crippen molar-refractivity contribution in [3.05, 3.63) is 0 Å². The summed E-state index contributed by atoms with van der Waals surface area (Å²) in [5.41, 5.74) is 2.47. The Hall–Kier alpha value is -1.31. The van der Waals surface area contributed by atoms with Gasteiger partial charge in [-0.15, -0.1) is 4.28 Å². The smallest absolute Gasteiger partial charge is 0.311 e. The Morgan fingerprint density at radius 2 is 2.10 bits per heavy atom. The number of likely N-dealkylation sites (tertiary alicyclic amines) is 1. The van der Waals surface area contributed by atoms with Gasteiger partial charge in [0.05, 0.1) is 12.6 Å². The Labute approximate surface area is 172 Å². The third-order valence-corrected chi connectivity index (χ3v) is 6.54. The third-order valence-electron chi connectivity index (χ3n) is 6.25. The van der Waals surface area contributed by atoms with Crippen LogP contribution in [-0.4, -0.2) is 93.0 Å². The molecular weight excluding hydrogens is 402 g/mol. The maximum atomic E-state index is 12.5. The second kappa shape index (κ2) is 9.23. The zero-order valence-electron chi connectivity index (χ0n) is 16.3. The molecule has 3 unspecified atom stereocenters. The van der Waals surface area contributed by atoms with E-state index in [0.717, 1.165) is 24.6 Å². The van der Waals surface area contributed by atoms with Gasteiger partial charge < -0.3 is 15.1 Å². The second-order valence-electron chi connectivity index (χ2n) is 8.29. The Morgan fingerprint density at radius 3 is 2.86 bits per heavy atom. The third kappa shape index (κ3) is 4.89. The van der Waals surface area contributed by atoms with Crippen LogP contribution in [0, 0.1) is 5.92 Å². The number of carbonyl (C=O) groups excluding carboxylic acids is 2. The van der Waals surface area contributed by atoms with Gasteiger partial charge in [-0.3, -0.25) is 14.2 Å². The molecule has 4 aliphatic rings. The van der Waals surface area contributed by atoms with Crippen molar-refractivity contribution < 1.29 is 27.5 Å². The van der Waals surface area contributed by atoms with Crippen molar-refractivity contribution in [2.45, 2.75) is 50.2 Å². The Morgan fingerprint density at radius 1 is 1.31 bits per heavy atom. The molecule has 164 valence electrons. The SMILES string of the molecule is O=C(NOC[C@H]1C[C@H](CN2CCCC2)CN1)C1CCC2CN1C(=O)N2OS(=O)O. The highest BCUT2D eigenvalue weighted by Crippen LogP contribution is 2.30. The molecule has 3 N–H and O–H groups in total. The maximum Gasteiger partial charge on any atom is 0.346 e. The molecule has 4 aliphatic heterocycles. The van der Waals surface area contributed by atoms with Crippen molar-refractivity contribution in [3.63, 3.8) is 0 Å². The molecule has 0 aromatic rings. The first kappa shape index (κ1) is 20.9. The molecule has 0 spiro atoms.